The second-order valence-electron chi connectivity index (χ2n) is 6.69. The Labute approximate surface area is 156 Å². The van der Waals surface area contributed by atoms with Crippen molar-refractivity contribution in [3.05, 3.63) is 29.8 Å². The summed E-state index contributed by atoms with van der Waals surface area (Å²) in [6.07, 6.45) is 5.87. The highest BCUT2D eigenvalue weighted by Gasteiger charge is 2.15. The molecule has 0 aliphatic heterocycles. The maximum Gasteiger partial charge on any atom is 0.242 e. The Morgan fingerprint density at radius 3 is 2.58 bits per heavy atom. The van der Waals surface area contributed by atoms with Crippen molar-refractivity contribution in [1.29, 1.82) is 0 Å². The molecule has 144 valence electrons. The van der Waals surface area contributed by atoms with Crippen molar-refractivity contribution in [3.63, 3.8) is 0 Å². The second kappa shape index (κ2) is 11.4. The van der Waals surface area contributed by atoms with Gasteiger partial charge in [0.05, 0.1) is 6.54 Å². The van der Waals surface area contributed by atoms with Crippen LogP contribution in [-0.4, -0.2) is 44.1 Å². The van der Waals surface area contributed by atoms with Crippen molar-refractivity contribution in [2.45, 2.75) is 52.0 Å². The Bertz CT molecular complexity index is 566. The van der Waals surface area contributed by atoms with Crippen LogP contribution < -0.4 is 20.7 Å². The molecule has 26 heavy (non-hydrogen) atoms. The number of carbonyl (C=O) groups excluding carboxylic acids is 1. The number of aryl methyl sites for hydroxylation is 1. The van der Waals surface area contributed by atoms with Crippen molar-refractivity contribution in [3.8, 4) is 5.75 Å². The maximum atomic E-state index is 12.1. The predicted octanol–water partition coefficient (Wildman–Crippen LogP) is 2.38. The average molecular weight is 361 g/mol. The average Bonchev–Trinajstić information content (AvgIpc) is 2.65. The van der Waals surface area contributed by atoms with E-state index in [-0.39, 0.29) is 12.5 Å². The lowest BCUT2D eigenvalue weighted by molar-refractivity contribution is -0.120. The van der Waals surface area contributed by atoms with Gasteiger partial charge in [0.2, 0.25) is 5.91 Å². The smallest absolute Gasteiger partial charge is 0.242 e. The zero-order valence-corrected chi connectivity index (χ0v) is 16.0. The molecular weight excluding hydrogens is 328 g/mol. The first-order chi connectivity index (χ1) is 12.7. The molecule has 0 spiro atoms. The van der Waals surface area contributed by atoms with Crippen LogP contribution >= 0.6 is 0 Å². The molecule has 1 aromatic carbocycles. The van der Waals surface area contributed by atoms with Gasteiger partial charge >= 0.3 is 0 Å². The first kappa shape index (κ1) is 20.1. The number of benzene rings is 1. The van der Waals surface area contributed by atoms with Gasteiger partial charge in [0.15, 0.2) is 5.96 Å². The van der Waals surface area contributed by atoms with Crippen molar-refractivity contribution >= 4 is 11.9 Å². The molecule has 3 N–H and O–H groups in total. The number of ether oxygens (including phenoxy) is 1. The molecular formula is C20H32N4O2. The van der Waals surface area contributed by atoms with Crippen LogP contribution in [-0.2, 0) is 4.79 Å². The lowest BCUT2D eigenvalue weighted by Crippen LogP contribution is -2.41. The molecule has 1 aliphatic rings. The molecule has 0 bridgehead atoms. The number of nitrogens with zero attached hydrogens (tertiary/aromatic N) is 1. The molecule has 1 aliphatic carbocycles. The fraction of sp³-hybridized carbons (Fsp3) is 0.600. The van der Waals surface area contributed by atoms with Gasteiger partial charge in [-0.25, -0.2) is 4.99 Å². The van der Waals surface area contributed by atoms with Gasteiger partial charge in [0.25, 0.3) is 0 Å². The third-order valence-electron chi connectivity index (χ3n) is 4.38. The van der Waals surface area contributed by atoms with Gasteiger partial charge in [-0.05, 0) is 38.8 Å². The minimum atomic E-state index is -0.00925. The van der Waals surface area contributed by atoms with Gasteiger partial charge in [-0.1, -0.05) is 37.0 Å². The van der Waals surface area contributed by atoms with E-state index in [1.54, 1.807) is 0 Å². The SMILES string of the molecule is CCNC(=NCC(=O)NC1CCCCC1)NCCOc1ccc(C)cc1. The summed E-state index contributed by atoms with van der Waals surface area (Å²) in [5.74, 6) is 1.48. The number of carbonyl (C=O) groups is 1. The molecule has 6 nitrogen and oxygen atoms in total. The molecule has 1 fully saturated rings. The molecule has 0 unspecified atom stereocenters. The summed E-state index contributed by atoms with van der Waals surface area (Å²) in [5.41, 5.74) is 1.21. The minimum Gasteiger partial charge on any atom is -0.492 e. The topological polar surface area (TPSA) is 74.8 Å². The van der Waals surface area contributed by atoms with E-state index in [0.717, 1.165) is 25.1 Å². The van der Waals surface area contributed by atoms with Crippen LogP contribution in [0.25, 0.3) is 0 Å². The Morgan fingerprint density at radius 1 is 1.15 bits per heavy atom. The lowest BCUT2D eigenvalue weighted by atomic mass is 9.95. The van der Waals surface area contributed by atoms with Crippen LogP contribution in [0.5, 0.6) is 5.75 Å². The summed E-state index contributed by atoms with van der Waals surface area (Å²) in [6, 6.07) is 8.30. The summed E-state index contributed by atoms with van der Waals surface area (Å²) < 4.78 is 5.69. The highest BCUT2D eigenvalue weighted by Crippen LogP contribution is 2.17. The van der Waals surface area contributed by atoms with Crippen LogP contribution in [0.15, 0.2) is 29.3 Å². The fourth-order valence-electron chi connectivity index (χ4n) is 2.99. The number of rotatable bonds is 8. The highest BCUT2D eigenvalue weighted by atomic mass is 16.5. The molecule has 0 heterocycles. The van der Waals surface area contributed by atoms with Gasteiger partial charge < -0.3 is 20.7 Å². The summed E-state index contributed by atoms with van der Waals surface area (Å²) in [4.78, 5) is 16.4. The normalized spacial score (nSPS) is 15.4. The van der Waals surface area contributed by atoms with E-state index in [1.165, 1.54) is 24.8 Å². The number of nitrogens with one attached hydrogen (secondary N) is 3. The minimum absolute atomic E-state index is 0.00925. The van der Waals surface area contributed by atoms with E-state index in [4.69, 9.17) is 4.74 Å². The van der Waals surface area contributed by atoms with Gasteiger partial charge in [0, 0.05) is 12.6 Å². The van der Waals surface area contributed by atoms with Crippen LogP contribution in [0, 0.1) is 6.92 Å². The largest absolute Gasteiger partial charge is 0.492 e. The fourth-order valence-corrected chi connectivity index (χ4v) is 2.99. The monoisotopic (exact) mass is 360 g/mol. The van der Waals surface area contributed by atoms with Crippen LogP contribution in [0.1, 0.15) is 44.6 Å². The van der Waals surface area contributed by atoms with Crippen LogP contribution in [0.3, 0.4) is 0 Å². The van der Waals surface area contributed by atoms with Gasteiger partial charge in [-0.15, -0.1) is 0 Å². The van der Waals surface area contributed by atoms with Crippen molar-refractivity contribution in [1.82, 2.24) is 16.0 Å². The molecule has 6 heteroatoms. The van der Waals surface area contributed by atoms with Gasteiger partial charge in [0.1, 0.15) is 18.9 Å². The zero-order valence-electron chi connectivity index (χ0n) is 16.0. The molecule has 0 atom stereocenters. The Morgan fingerprint density at radius 2 is 1.88 bits per heavy atom. The first-order valence-electron chi connectivity index (χ1n) is 9.68. The van der Waals surface area contributed by atoms with E-state index < -0.39 is 0 Å². The van der Waals surface area contributed by atoms with E-state index in [0.29, 0.717) is 25.2 Å². The number of amides is 1. The summed E-state index contributed by atoms with van der Waals surface area (Å²) >= 11 is 0. The lowest BCUT2D eigenvalue weighted by Gasteiger charge is -2.22. The van der Waals surface area contributed by atoms with Crippen molar-refractivity contribution in [2.24, 2.45) is 4.99 Å². The van der Waals surface area contributed by atoms with E-state index >= 15 is 0 Å². The van der Waals surface area contributed by atoms with E-state index in [9.17, 15) is 4.79 Å². The van der Waals surface area contributed by atoms with E-state index in [1.807, 2.05) is 31.2 Å². The summed E-state index contributed by atoms with van der Waals surface area (Å²) in [5, 5.41) is 9.43. The molecule has 2 rings (SSSR count). The summed E-state index contributed by atoms with van der Waals surface area (Å²) in [6.45, 7) is 6.09. The molecule has 0 radical (unpaired) electrons. The maximum absolute atomic E-state index is 12.1. The number of hydrogen-bond donors (Lipinski definition) is 3. The third-order valence-corrected chi connectivity index (χ3v) is 4.38. The molecule has 0 saturated heterocycles. The number of aliphatic imine (C=N–C) groups is 1. The summed E-state index contributed by atoms with van der Waals surface area (Å²) in [7, 11) is 0. The van der Waals surface area contributed by atoms with E-state index in [2.05, 4.69) is 27.9 Å². The van der Waals surface area contributed by atoms with Gasteiger partial charge in [-0.2, -0.15) is 0 Å². The highest BCUT2D eigenvalue weighted by molar-refractivity contribution is 5.85. The molecule has 0 aromatic heterocycles. The third kappa shape index (κ3) is 7.76. The first-order valence-corrected chi connectivity index (χ1v) is 9.68. The molecule has 1 amide bonds. The van der Waals surface area contributed by atoms with Crippen LogP contribution in [0.4, 0.5) is 0 Å². The van der Waals surface area contributed by atoms with Crippen molar-refractivity contribution < 1.29 is 9.53 Å². The predicted molar refractivity (Wildman–Crippen MR) is 106 cm³/mol. The van der Waals surface area contributed by atoms with Crippen molar-refractivity contribution in [2.75, 3.05) is 26.2 Å². The standard InChI is InChI=1S/C20H32N4O2/c1-3-21-20(22-13-14-26-18-11-9-16(2)10-12-18)23-15-19(25)24-17-7-5-4-6-8-17/h9-12,17H,3-8,13-15H2,1-2H3,(H,24,25)(H2,21,22,23). The number of guanidine groups is 1. The van der Waals surface area contributed by atoms with Crippen LogP contribution in [0.2, 0.25) is 0 Å². The Balaban J connectivity index is 1.69. The Kier molecular flexibility index (Phi) is 8.79. The quantitative estimate of drug-likeness (QED) is 0.378. The van der Waals surface area contributed by atoms with Gasteiger partial charge in [-0.3, -0.25) is 4.79 Å². The molecule has 1 aromatic rings. The second-order valence-corrected chi connectivity index (χ2v) is 6.69. The number of hydrogen-bond acceptors (Lipinski definition) is 3. The Hall–Kier alpha value is -2.24. The zero-order chi connectivity index (χ0) is 18.6. The molecule has 1 saturated carbocycles.